The van der Waals surface area contributed by atoms with Crippen LogP contribution >= 0.6 is 0 Å². The van der Waals surface area contributed by atoms with E-state index in [9.17, 15) is 9.50 Å². The average Bonchev–Trinajstić information content (AvgIpc) is 2.35. The maximum absolute atomic E-state index is 13.1. The van der Waals surface area contributed by atoms with E-state index in [1.807, 2.05) is 6.07 Å². The predicted octanol–water partition coefficient (Wildman–Crippen LogP) is 3.02. The molecular weight excluding hydrogens is 229 g/mol. The Morgan fingerprint density at radius 1 is 1.28 bits per heavy atom. The normalized spacial score (nSPS) is 13.0. The zero-order valence-corrected chi connectivity index (χ0v) is 11.5. The van der Waals surface area contributed by atoms with Gasteiger partial charge in [-0.25, -0.2) is 4.39 Å². The van der Waals surface area contributed by atoms with Crippen molar-refractivity contribution in [2.45, 2.75) is 46.3 Å². The van der Waals surface area contributed by atoms with Gasteiger partial charge >= 0.3 is 0 Å². The van der Waals surface area contributed by atoms with Gasteiger partial charge in [0, 0.05) is 13.1 Å². The van der Waals surface area contributed by atoms with Crippen LogP contribution in [0.5, 0.6) is 0 Å². The Hall–Kier alpha value is -0.930. The third kappa shape index (κ3) is 4.39. The fraction of sp³-hybridized carbons (Fsp3) is 0.600. The maximum Gasteiger partial charge on any atom is 0.126 e. The zero-order chi connectivity index (χ0) is 13.5. The third-order valence-electron chi connectivity index (χ3n) is 3.50. The summed E-state index contributed by atoms with van der Waals surface area (Å²) in [6.45, 7) is 7.21. The molecule has 102 valence electrons. The van der Waals surface area contributed by atoms with E-state index in [0.717, 1.165) is 18.4 Å². The SMILES string of the molecule is CCC(CC)C(O)CNCc1ccc(F)c(C)c1. The lowest BCUT2D eigenvalue weighted by atomic mass is 9.96. The van der Waals surface area contributed by atoms with E-state index in [4.69, 9.17) is 0 Å². The van der Waals surface area contributed by atoms with E-state index in [1.54, 1.807) is 13.0 Å². The molecule has 1 rings (SSSR count). The second-order valence-electron chi connectivity index (χ2n) is 4.86. The van der Waals surface area contributed by atoms with Crippen molar-refractivity contribution in [2.24, 2.45) is 5.92 Å². The van der Waals surface area contributed by atoms with E-state index < -0.39 is 0 Å². The monoisotopic (exact) mass is 253 g/mol. The summed E-state index contributed by atoms with van der Waals surface area (Å²) in [5, 5.41) is 13.2. The highest BCUT2D eigenvalue weighted by molar-refractivity contribution is 5.23. The molecule has 0 aliphatic carbocycles. The third-order valence-corrected chi connectivity index (χ3v) is 3.50. The molecule has 0 spiro atoms. The smallest absolute Gasteiger partial charge is 0.126 e. The summed E-state index contributed by atoms with van der Waals surface area (Å²) < 4.78 is 13.1. The number of rotatable bonds is 7. The van der Waals surface area contributed by atoms with Gasteiger partial charge in [-0.1, -0.05) is 38.8 Å². The fourth-order valence-electron chi connectivity index (χ4n) is 2.18. The molecule has 0 aliphatic rings. The Morgan fingerprint density at radius 3 is 2.50 bits per heavy atom. The highest BCUT2D eigenvalue weighted by Crippen LogP contribution is 2.13. The van der Waals surface area contributed by atoms with Crippen molar-refractivity contribution in [3.05, 3.63) is 35.1 Å². The van der Waals surface area contributed by atoms with Crippen molar-refractivity contribution in [1.82, 2.24) is 5.32 Å². The highest BCUT2D eigenvalue weighted by atomic mass is 19.1. The van der Waals surface area contributed by atoms with Gasteiger partial charge < -0.3 is 10.4 Å². The van der Waals surface area contributed by atoms with Crippen LogP contribution < -0.4 is 5.32 Å². The second-order valence-corrected chi connectivity index (χ2v) is 4.86. The van der Waals surface area contributed by atoms with Gasteiger partial charge in [-0.05, 0) is 30.0 Å². The molecule has 3 heteroatoms. The van der Waals surface area contributed by atoms with E-state index >= 15 is 0 Å². The molecule has 0 aliphatic heterocycles. The van der Waals surface area contributed by atoms with Crippen LogP contribution in [0.3, 0.4) is 0 Å². The lowest BCUT2D eigenvalue weighted by Gasteiger charge is -2.20. The van der Waals surface area contributed by atoms with Gasteiger partial charge in [0.15, 0.2) is 0 Å². The largest absolute Gasteiger partial charge is 0.392 e. The second kappa shape index (κ2) is 7.49. The molecule has 0 saturated carbocycles. The quantitative estimate of drug-likeness (QED) is 0.783. The summed E-state index contributed by atoms with van der Waals surface area (Å²) in [7, 11) is 0. The maximum atomic E-state index is 13.1. The minimum atomic E-state index is -0.304. The Morgan fingerprint density at radius 2 is 1.94 bits per heavy atom. The van der Waals surface area contributed by atoms with Crippen LogP contribution in [-0.2, 0) is 6.54 Å². The highest BCUT2D eigenvalue weighted by Gasteiger charge is 2.14. The van der Waals surface area contributed by atoms with Gasteiger partial charge in [0.1, 0.15) is 5.82 Å². The Balaban J connectivity index is 2.39. The first-order chi connectivity index (χ1) is 8.58. The number of benzene rings is 1. The topological polar surface area (TPSA) is 32.3 Å². The number of aliphatic hydroxyl groups excluding tert-OH is 1. The van der Waals surface area contributed by atoms with Gasteiger partial charge in [-0.3, -0.25) is 0 Å². The Bertz CT molecular complexity index is 364. The predicted molar refractivity (Wildman–Crippen MR) is 72.9 cm³/mol. The molecule has 0 heterocycles. The average molecular weight is 253 g/mol. The van der Waals surface area contributed by atoms with E-state index in [0.29, 0.717) is 24.6 Å². The van der Waals surface area contributed by atoms with E-state index in [1.165, 1.54) is 6.07 Å². The molecule has 0 aromatic heterocycles. The summed E-state index contributed by atoms with van der Waals surface area (Å²) in [6.07, 6.45) is 1.69. The van der Waals surface area contributed by atoms with Crippen LogP contribution in [-0.4, -0.2) is 17.8 Å². The molecule has 18 heavy (non-hydrogen) atoms. The minimum Gasteiger partial charge on any atom is -0.392 e. The molecule has 0 saturated heterocycles. The Labute approximate surface area is 109 Å². The number of hydrogen-bond donors (Lipinski definition) is 2. The number of halogens is 1. The van der Waals surface area contributed by atoms with Crippen molar-refractivity contribution in [1.29, 1.82) is 0 Å². The molecule has 1 unspecified atom stereocenters. The number of hydrogen-bond acceptors (Lipinski definition) is 2. The summed E-state index contributed by atoms with van der Waals surface area (Å²) in [6, 6.07) is 5.11. The number of aliphatic hydroxyl groups is 1. The molecular formula is C15H24FNO. The van der Waals surface area contributed by atoms with Crippen molar-refractivity contribution in [3.8, 4) is 0 Å². The van der Waals surface area contributed by atoms with Crippen molar-refractivity contribution < 1.29 is 9.50 Å². The van der Waals surface area contributed by atoms with E-state index in [-0.39, 0.29) is 11.9 Å². The summed E-state index contributed by atoms with van der Waals surface area (Å²) in [5.41, 5.74) is 1.71. The van der Waals surface area contributed by atoms with Crippen LogP contribution in [0.1, 0.15) is 37.8 Å². The molecule has 0 amide bonds. The van der Waals surface area contributed by atoms with Gasteiger partial charge in [-0.2, -0.15) is 0 Å². The van der Waals surface area contributed by atoms with Crippen molar-refractivity contribution in [3.63, 3.8) is 0 Å². The fourth-order valence-corrected chi connectivity index (χ4v) is 2.18. The van der Waals surface area contributed by atoms with Crippen LogP contribution in [0.4, 0.5) is 4.39 Å². The van der Waals surface area contributed by atoms with Crippen LogP contribution in [0.25, 0.3) is 0 Å². The van der Waals surface area contributed by atoms with Crippen LogP contribution in [0.15, 0.2) is 18.2 Å². The first kappa shape index (κ1) is 15.1. The van der Waals surface area contributed by atoms with Gasteiger partial charge in [0.05, 0.1) is 6.10 Å². The summed E-state index contributed by atoms with van der Waals surface area (Å²) in [5.74, 6) is 0.184. The van der Waals surface area contributed by atoms with Gasteiger partial charge in [0.25, 0.3) is 0 Å². The molecule has 2 nitrogen and oxygen atoms in total. The zero-order valence-electron chi connectivity index (χ0n) is 11.5. The summed E-state index contributed by atoms with van der Waals surface area (Å²) in [4.78, 5) is 0. The van der Waals surface area contributed by atoms with Crippen molar-refractivity contribution >= 4 is 0 Å². The van der Waals surface area contributed by atoms with Gasteiger partial charge in [-0.15, -0.1) is 0 Å². The molecule has 0 radical (unpaired) electrons. The first-order valence-electron chi connectivity index (χ1n) is 6.72. The standard InChI is InChI=1S/C15H24FNO/c1-4-13(5-2)15(18)10-17-9-12-6-7-14(16)11(3)8-12/h6-8,13,15,17-18H,4-5,9-10H2,1-3H3. The molecule has 2 N–H and O–H groups in total. The molecule has 1 aromatic rings. The number of aryl methyl sites for hydroxylation is 1. The van der Waals surface area contributed by atoms with Crippen LogP contribution in [0.2, 0.25) is 0 Å². The van der Waals surface area contributed by atoms with Crippen molar-refractivity contribution in [2.75, 3.05) is 6.54 Å². The molecule has 0 bridgehead atoms. The van der Waals surface area contributed by atoms with Gasteiger partial charge in [0.2, 0.25) is 0 Å². The lowest BCUT2D eigenvalue weighted by Crippen LogP contribution is -2.32. The summed E-state index contributed by atoms with van der Waals surface area (Å²) >= 11 is 0. The number of nitrogens with one attached hydrogen (secondary N) is 1. The first-order valence-corrected chi connectivity index (χ1v) is 6.72. The molecule has 1 atom stereocenters. The Kier molecular flexibility index (Phi) is 6.30. The van der Waals surface area contributed by atoms with E-state index in [2.05, 4.69) is 19.2 Å². The minimum absolute atomic E-state index is 0.171. The van der Waals surface area contributed by atoms with Crippen LogP contribution in [0, 0.1) is 18.7 Å². The molecule has 1 aromatic carbocycles. The molecule has 0 fully saturated rings. The lowest BCUT2D eigenvalue weighted by molar-refractivity contribution is 0.101.